The first-order valence-electron chi connectivity index (χ1n) is 7.26. The molecule has 0 N–H and O–H groups in total. The van der Waals surface area contributed by atoms with Gasteiger partial charge in [0.15, 0.2) is 0 Å². The fraction of sp³-hybridized carbons (Fsp3) is 0.222. The summed E-state index contributed by atoms with van der Waals surface area (Å²) in [6.07, 6.45) is 0. The molecule has 0 saturated heterocycles. The maximum atomic E-state index is 12.7. The third-order valence-electron chi connectivity index (χ3n) is 3.87. The molecule has 0 bridgehead atoms. The number of aromatic nitrogens is 1. The van der Waals surface area contributed by atoms with E-state index in [0.29, 0.717) is 0 Å². The molecule has 0 aliphatic rings. The van der Waals surface area contributed by atoms with Crippen molar-refractivity contribution >= 4 is 33.1 Å². The number of hydrogen-bond donors (Lipinski definition) is 0. The first-order chi connectivity index (χ1) is 10.6. The Kier molecular flexibility index (Phi) is 3.94. The van der Waals surface area contributed by atoms with Crippen molar-refractivity contribution in [3.05, 3.63) is 59.1 Å². The van der Waals surface area contributed by atoms with Crippen LogP contribution in [0.4, 0.5) is 5.69 Å². The van der Waals surface area contributed by atoms with E-state index in [0.717, 1.165) is 26.5 Å². The third kappa shape index (κ3) is 2.74. The molecule has 22 heavy (non-hydrogen) atoms. The van der Waals surface area contributed by atoms with Gasteiger partial charge in [0.05, 0.1) is 21.1 Å². The number of anilines is 1. The molecule has 3 aromatic rings. The fourth-order valence-electron chi connectivity index (χ4n) is 2.54. The van der Waals surface area contributed by atoms with Gasteiger partial charge in [0.25, 0.3) is 0 Å². The van der Waals surface area contributed by atoms with Gasteiger partial charge in [0.1, 0.15) is 0 Å². The van der Waals surface area contributed by atoms with Gasteiger partial charge in [-0.25, -0.2) is 4.98 Å². The molecule has 112 valence electrons. The van der Waals surface area contributed by atoms with E-state index in [1.807, 2.05) is 69.4 Å². The molecule has 1 amide bonds. The second kappa shape index (κ2) is 5.89. The van der Waals surface area contributed by atoms with E-state index in [1.165, 1.54) is 0 Å². The largest absolute Gasteiger partial charge is 0.315 e. The van der Waals surface area contributed by atoms with Crippen LogP contribution in [0.1, 0.15) is 23.4 Å². The molecule has 1 aromatic heterocycles. The van der Waals surface area contributed by atoms with Gasteiger partial charge in [-0.15, -0.1) is 11.3 Å². The van der Waals surface area contributed by atoms with Crippen molar-refractivity contribution in [1.29, 1.82) is 0 Å². The maximum absolute atomic E-state index is 12.7. The Hall–Kier alpha value is -2.20. The van der Waals surface area contributed by atoms with Gasteiger partial charge >= 0.3 is 0 Å². The number of thiazole rings is 1. The number of likely N-dealkylation sites (N-methyl/N-ethyl adjacent to an activating group) is 1. The smallest absolute Gasteiger partial charge is 0.233 e. The summed E-state index contributed by atoms with van der Waals surface area (Å²) in [6.45, 7) is 3.94. The Balaban J connectivity index is 1.87. The van der Waals surface area contributed by atoms with E-state index < -0.39 is 0 Å². The van der Waals surface area contributed by atoms with Crippen LogP contribution >= 0.6 is 11.3 Å². The topological polar surface area (TPSA) is 33.2 Å². The zero-order chi connectivity index (χ0) is 15.7. The van der Waals surface area contributed by atoms with E-state index in [1.54, 1.807) is 16.2 Å². The van der Waals surface area contributed by atoms with E-state index in [9.17, 15) is 4.79 Å². The van der Waals surface area contributed by atoms with Crippen molar-refractivity contribution in [3.8, 4) is 0 Å². The molecule has 3 nitrogen and oxygen atoms in total. The van der Waals surface area contributed by atoms with Crippen LogP contribution in [0.2, 0.25) is 0 Å². The quantitative estimate of drug-likeness (QED) is 0.719. The van der Waals surface area contributed by atoms with Crippen molar-refractivity contribution in [2.24, 2.45) is 0 Å². The molecule has 4 heteroatoms. The summed E-state index contributed by atoms with van der Waals surface area (Å²) in [5.74, 6) is -0.0723. The molecule has 1 heterocycles. The molecule has 0 spiro atoms. The first kappa shape index (κ1) is 14.7. The third-order valence-corrected chi connectivity index (χ3v) is 4.80. The lowest BCUT2D eigenvalue weighted by molar-refractivity contribution is -0.119. The first-order valence-corrected chi connectivity index (χ1v) is 8.07. The van der Waals surface area contributed by atoms with Crippen molar-refractivity contribution in [2.75, 3.05) is 11.9 Å². The predicted molar refractivity (Wildman–Crippen MR) is 92.6 cm³/mol. The second-order valence-electron chi connectivity index (χ2n) is 5.41. The number of carbonyl (C=O) groups is 1. The van der Waals surface area contributed by atoms with Crippen LogP contribution in [0.25, 0.3) is 10.2 Å². The summed E-state index contributed by atoms with van der Waals surface area (Å²) in [6, 6.07) is 15.8. The van der Waals surface area contributed by atoms with Crippen LogP contribution in [0, 0.1) is 6.92 Å². The molecule has 0 radical (unpaired) electrons. The van der Waals surface area contributed by atoms with Crippen molar-refractivity contribution in [1.82, 2.24) is 4.98 Å². The molecule has 2 aromatic carbocycles. The number of nitrogens with zero attached hydrogens (tertiary/aromatic N) is 2. The van der Waals surface area contributed by atoms with Crippen LogP contribution in [0.15, 0.2) is 48.5 Å². The lowest BCUT2D eigenvalue weighted by atomic mass is 10.00. The molecule has 1 atom stereocenters. The molecule has 0 saturated carbocycles. The highest BCUT2D eigenvalue weighted by Gasteiger charge is 2.20. The number of fused-ring (bicyclic) bond motifs is 1. The zero-order valence-electron chi connectivity index (χ0n) is 12.9. The number of hydrogen-bond acceptors (Lipinski definition) is 3. The van der Waals surface area contributed by atoms with Crippen molar-refractivity contribution in [3.63, 3.8) is 0 Å². The van der Waals surface area contributed by atoms with Gasteiger partial charge in [-0.1, -0.05) is 30.3 Å². The number of aryl methyl sites for hydroxylation is 1. The summed E-state index contributed by atoms with van der Waals surface area (Å²) >= 11 is 1.65. The lowest BCUT2D eigenvalue weighted by Crippen LogP contribution is -2.30. The van der Waals surface area contributed by atoms with Gasteiger partial charge in [-0.3, -0.25) is 4.79 Å². The van der Waals surface area contributed by atoms with E-state index in [2.05, 4.69) is 4.98 Å². The van der Waals surface area contributed by atoms with Gasteiger partial charge < -0.3 is 4.90 Å². The van der Waals surface area contributed by atoms with Crippen LogP contribution in [-0.2, 0) is 4.79 Å². The van der Waals surface area contributed by atoms with E-state index in [-0.39, 0.29) is 11.8 Å². The Bertz CT molecular complexity index is 810. The molecule has 0 fully saturated rings. The standard InChI is InChI=1S/C18H18N2OS/c1-12(14-7-5-4-6-8-14)18(21)20(3)15-9-10-16-17(11-15)22-13(2)19-16/h4-12H,1-3H3/t12-/m0/s1. The van der Waals surface area contributed by atoms with Gasteiger partial charge in [0.2, 0.25) is 5.91 Å². The summed E-state index contributed by atoms with van der Waals surface area (Å²) in [5, 5.41) is 1.04. The predicted octanol–water partition coefficient (Wildman–Crippen LogP) is 4.37. The number of benzene rings is 2. The molecule has 0 aliphatic heterocycles. The van der Waals surface area contributed by atoms with Crippen molar-refractivity contribution in [2.45, 2.75) is 19.8 Å². The minimum Gasteiger partial charge on any atom is -0.315 e. The van der Waals surface area contributed by atoms with Gasteiger partial charge in [0, 0.05) is 12.7 Å². The normalized spacial score (nSPS) is 12.3. The highest BCUT2D eigenvalue weighted by atomic mass is 32.1. The van der Waals surface area contributed by atoms with Gasteiger partial charge in [-0.2, -0.15) is 0 Å². The average molecular weight is 310 g/mol. The van der Waals surface area contributed by atoms with Crippen LogP contribution in [0.5, 0.6) is 0 Å². The molecule has 0 unspecified atom stereocenters. The number of carbonyl (C=O) groups excluding carboxylic acids is 1. The molecule has 0 aliphatic carbocycles. The summed E-state index contributed by atoms with van der Waals surface area (Å²) in [7, 11) is 1.83. The Morgan fingerprint density at radius 1 is 1.18 bits per heavy atom. The van der Waals surface area contributed by atoms with Gasteiger partial charge in [-0.05, 0) is 37.6 Å². The number of amides is 1. The van der Waals surface area contributed by atoms with E-state index in [4.69, 9.17) is 0 Å². The minimum atomic E-state index is -0.162. The zero-order valence-corrected chi connectivity index (χ0v) is 13.7. The minimum absolute atomic E-state index is 0.0896. The molecular formula is C18H18N2OS. The highest BCUT2D eigenvalue weighted by Crippen LogP contribution is 2.28. The number of rotatable bonds is 3. The second-order valence-corrected chi connectivity index (χ2v) is 6.65. The Morgan fingerprint density at radius 2 is 1.91 bits per heavy atom. The summed E-state index contributed by atoms with van der Waals surface area (Å²) in [4.78, 5) is 18.9. The Labute approximate surface area is 134 Å². The maximum Gasteiger partial charge on any atom is 0.233 e. The fourth-order valence-corrected chi connectivity index (χ4v) is 3.40. The average Bonchev–Trinajstić information content (AvgIpc) is 2.92. The monoisotopic (exact) mass is 310 g/mol. The van der Waals surface area contributed by atoms with E-state index >= 15 is 0 Å². The molecule has 3 rings (SSSR count). The summed E-state index contributed by atoms with van der Waals surface area (Å²) in [5.41, 5.74) is 2.93. The van der Waals surface area contributed by atoms with Crippen LogP contribution < -0.4 is 4.90 Å². The highest BCUT2D eigenvalue weighted by molar-refractivity contribution is 7.18. The van der Waals surface area contributed by atoms with Crippen LogP contribution in [0.3, 0.4) is 0 Å². The SMILES string of the molecule is Cc1nc2ccc(N(C)C(=O)[C@@H](C)c3ccccc3)cc2s1. The molecular weight excluding hydrogens is 292 g/mol. The Morgan fingerprint density at radius 3 is 2.64 bits per heavy atom. The van der Waals surface area contributed by atoms with Crippen LogP contribution in [-0.4, -0.2) is 17.9 Å². The summed E-state index contributed by atoms with van der Waals surface area (Å²) < 4.78 is 1.11. The van der Waals surface area contributed by atoms with Crippen molar-refractivity contribution < 1.29 is 4.79 Å². The lowest BCUT2D eigenvalue weighted by Gasteiger charge is -2.21.